The van der Waals surface area contributed by atoms with Crippen LogP contribution in [0.3, 0.4) is 0 Å². The van der Waals surface area contributed by atoms with Crippen LogP contribution in [0.15, 0.2) is 47.1 Å². The van der Waals surface area contributed by atoms with Gasteiger partial charge < -0.3 is 9.15 Å². The minimum Gasteiger partial charge on any atom is -0.468 e. The zero-order chi connectivity index (χ0) is 14.7. The number of nitrogens with zero attached hydrogens (tertiary/aromatic N) is 1. The summed E-state index contributed by atoms with van der Waals surface area (Å²) in [6, 6.07) is 11.8. The summed E-state index contributed by atoms with van der Waals surface area (Å²) in [5.41, 5.74) is 2.50. The van der Waals surface area contributed by atoms with Gasteiger partial charge in [0.15, 0.2) is 0 Å². The molecule has 0 amide bonds. The Morgan fingerprint density at radius 3 is 2.81 bits per heavy atom. The summed E-state index contributed by atoms with van der Waals surface area (Å²) in [6.45, 7) is 3.60. The summed E-state index contributed by atoms with van der Waals surface area (Å²) in [7, 11) is 0. The number of carbonyl (C=O) groups excluding carboxylic acids is 1. The van der Waals surface area contributed by atoms with Gasteiger partial charge in [0.25, 0.3) is 0 Å². The van der Waals surface area contributed by atoms with Crippen molar-refractivity contribution in [2.75, 3.05) is 6.61 Å². The van der Waals surface area contributed by atoms with E-state index in [4.69, 9.17) is 9.15 Å². The third kappa shape index (κ3) is 3.00. The molecule has 0 bridgehead atoms. The van der Waals surface area contributed by atoms with Gasteiger partial charge in [-0.2, -0.15) is 0 Å². The van der Waals surface area contributed by atoms with Crippen molar-refractivity contribution in [2.24, 2.45) is 0 Å². The molecule has 0 N–H and O–H groups in total. The van der Waals surface area contributed by atoms with Gasteiger partial charge in [-0.25, -0.2) is 0 Å². The lowest BCUT2D eigenvalue weighted by molar-refractivity contribution is -0.150. The lowest BCUT2D eigenvalue weighted by Gasteiger charge is -2.34. The number of carbonyl (C=O) groups is 1. The van der Waals surface area contributed by atoms with Crippen LogP contribution in [0, 0.1) is 0 Å². The summed E-state index contributed by atoms with van der Waals surface area (Å²) < 4.78 is 10.7. The predicted octanol–water partition coefficient (Wildman–Crippen LogP) is 2.77. The van der Waals surface area contributed by atoms with E-state index < -0.39 is 0 Å². The van der Waals surface area contributed by atoms with E-state index >= 15 is 0 Å². The molecule has 4 heteroatoms. The van der Waals surface area contributed by atoms with Crippen LogP contribution < -0.4 is 0 Å². The van der Waals surface area contributed by atoms with Gasteiger partial charge in [-0.15, -0.1) is 0 Å². The largest absolute Gasteiger partial charge is 0.468 e. The van der Waals surface area contributed by atoms with Gasteiger partial charge in [-0.3, -0.25) is 9.69 Å². The summed E-state index contributed by atoms with van der Waals surface area (Å²) in [6.07, 6.45) is 2.35. The Morgan fingerprint density at radius 1 is 1.29 bits per heavy atom. The Bertz CT molecular complexity index is 606. The van der Waals surface area contributed by atoms with Crippen LogP contribution in [0.1, 0.15) is 23.8 Å². The molecule has 1 aromatic carbocycles. The van der Waals surface area contributed by atoms with Crippen molar-refractivity contribution in [3.63, 3.8) is 0 Å². The Hall–Kier alpha value is -2.07. The maximum Gasteiger partial charge on any atom is 0.323 e. The topological polar surface area (TPSA) is 42.7 Å². The quantitative estimate of drug-likeness (QED) is 0.810. The number of hydrogen-bond acceptors (Lipinski definition) is 4. The van der Waals surface area contributed by atoms with E-state index in [-0.39, 0.29) is 12.0 Å². The standard InChI is InChI=1S/C17H19NO3/c1-2-20-17(19)16-10-13-6-3-4-7-14(13)11-18(16)12-15-8-5-9-21-15/h3-9,16H,2,10-12H2,1H3. The zero-order valence-corrected chi connectivity index (χ0v) is 12.1. The number of fused-ring (bicyclic) bond motifs is 1. The molecule has 2 aromatic rings. The normalized spacial score (nSPS) is 18.2. The van der Waals surface area contributed by atoms with Crippen LogP contribution in [-0.4, -0.2) is 23.5 Å². The van der Waals surface area contributed by atoms with E-state index in [0.717, 1.165) is 12.3 Å². The second-order valence-electron chi connectivity index (χ2n) is 5.23. The molecule has 1 aliphatic rings. The van der Waals surface area contributed by atoms with E-state index in [9.17, 15) is 4.79 Å². The molecule has 0 saturated heterocycles. The van der Waals surface area contributed by atoms with Crippen LogP contribution in [-0.2, 0) is 29.0 Å². The highest BCUT2D eigenvalue weighted by Crippen LogP contribution is 2.25. The number of ether oxygens (including phenoxy) is 1. The van der Waals surface area contributed by atoms with Crippen LogP contribution in [0.5, 0.6) is 0 Å². The second-order valence-corrected chi connectivity index (χ2v) is 5.23. The van der Waals surface area contributed by atoms with E-state index in [1.54, 1.807) is 6.26 Å². The minimum absolute atomic E-state index is 0.154. The van der Waals surface area contributed by atoms with Crippen molar-refractivity contribution in [1.29, 1.82) is 0 Å². The molecule has 0 saturated carbocycles. The van der Waals surface area contributed by atoms with Crippen LogP contribution in [0.25, 0.3) is 0 Å². The average Bonchev–Trinajstić information content (AvgIpc) is 3.00. The van der Waals surface area contributed by atoms with Crippen LogP contribution in [0.2, 0.25) is 0 Å². The first-order valence-corrected chi connectivity index (χ1v) is 7.27. The third-order valence-electron chi connectivity index (χ3n) is 3.84. The molecule has 0 aliphatic carbocycles. The molecule has 0 fully saturated rings. The van der Waals surface area contributed by atoms with Gasteiger partial charge >= 0.3 is 5.97 Å². The number of hydrogen-bond donors (Lipinski definition) is 0. The van der Waals surface area contributed by atoms with Gasteiger partial charge in [0.05, 0.1) is 19.4 Å². The fraction of sp³-hybridized carbons (Fsp3) is 0.353. The molecule has 21 heavy (non-hydrogen) atoms. The lowest BCUT2D eigenvalue weighted by Crippen LogP contribution is -2.45. The predicted molar refractivity (Wildman–Crippen MR) is 78.5 cm³/mol. The zero-order valence-electron chi connectivity index (χ0n) is 12.1. The van der Waals surface area contributed by atoms with Crippen molar-refractivity contribution in [3.8, 4) is 0 Å². The Kier molecular flexibility index (Phi) is 4.06. The Morgan fingerprint density at radius 2 is 2.10 bits per heavy atom. The molecule has 1 aliphatic heterocycles. The Balaban J connectivity index is 1.85. The fourth-order valence-corrected chi connectivity index (χ4v) is 2.82. The molecule has 1 unspecified atom stereocenters. The van der Waals surface area contributed by atoms with Crippen molar-refractivity contribution < 1.29 is 13.9 Å². The summed E-state index contributed by atoms with van der Waals surface area (Å²) in [5.74, 6) is 0.710. The summed E-state index contributed by atoms with van der Waals surface area (Å²) >= 11 is 0. The van der Waals surface area contributed by atoms with Crippen molar-refractivity contribution >= 4 is 5.97 Å². The van der Waals surface area contributed by atoms with Crippen LogP contribution >= 0.6 is 0 Å². The molecule has 2 heterocycles. The molecule has 0 radical (unpaired) electrons. The van der Waals surface area contributed by atoms with E-state index in [0.29, 0.717) is 19.6 Å². The molecule has 4 nitrogen and oxygen atoms in total. The van der Waals surface area contributed by atoms with Crippen molar-refractivity contribution in [1.82, 2.24) is 4.90 Å². The number of benzene rings is 1. The minimum atomic E-state index is -0.245. The maximum atomic E-state index is 12.3. The maximum absolute atomic E-state index is 12.3. The number of furan rings is 1. The molecule has 0 spiro atoms. The van der Waals surface area contributed by atoms with Gasteiger partial charge in [-0.05, 0) is 36.6 Å². The van der Waals surface area contributed by atoms with Gasteiger partial charge in [0.2, 0.25) is 0 Å². The first-order valence-electron chi connectivity index (χ1n) is 7.27. The van der Waals surface area contributed by atoms with E-state index in [1.165, 1.54) is 11.1 Å². The summed E-state index contributed by atoms with van der Waals surface area (Å²) in [4.78, 5) is 14.4. The molecular weight excluding hydrogens is 266 g/mol. The van der Waals surface area contributed by atoms with Gasteiger partial charge in [0.1, 0.15) is 11.8 Å². The highest BCUT2D eigenvalue weighted by molar-refractivity contribution is 5.76. The first kappa shape index (κ1) is 13.9. The lowest BCUT2D eigenvalue weighted by atomic mass is 9.94. The average molecular weight is 285 g/mol. The van der Waals surface area contributed by atoms with E-state index in [1.807, 2.05) is 31.2 Å². The molecule has 1 aromatic heterocycles. The smallest absolute Gasteiger partial charge is 0.323 e. The van der Waals surface area contributed by atoms with E-state index in [2.05, 4.69) is 17.0 Å². The van der Waals surface area contributed by atoms with Crippen molar-refractivity contribution in [2.45, 2.75) is 32.5 Å². The summed E-state index contributed by atoms with van der Waals surface area (Å²) in [5, 5.41) is 0. The first-order chi connectivity index (χ1) is 10.3. The van der Waals surface area contributed by atoms with Gasteiger partial charge in [0, 0.05) is 6.54 Å². The van der Waals surface area contributed by atoms with Crippen LogP contribution in [0.4, 0.5) is 0 Å². The molecule has 1 atom stereocenters. The molecular formula is C17H19NO3. The highest BCUT2D eigenvalue weighted by Gasteiger charge is 2.32. The monoisotopic (exact) mass is 285 g/mol. The molecule has 3 rings (SSSR count). The third-order valence-corrected chi connectivity index (χ3v) is 3.84. The molecule has 110 valence electrons. The second kappa shape index (κ2) is 6.14. The number of esters is 1. The highest BCUT2D eigenvalue weighted by atomic mass is 16.5. The van der Waals surface area contributed by atoms with Crippen molar-refractivity contribution in [3.05, 3.63) is 59.5 Å². The Labute approximate surface area is 124 Å². The fourth-order valence-electron chi connectivity index (χ4n) is 2.82. The SMILES string of the molecule is CCOC(=O)C1Cc2ccccc2CN1Cc1ccco1. The van der Waals surface area contributed by atoms with Gasteiger partial charge in [-0.1, -0.05) is 24.3 Å². The number of rotatable bonds is 4.